The van der Waals surface area contributed by atoms with E-state index in [9.17, 15) is 14.4 Å². The molecule has 0 fully saturated rings. The zero-order chi connectivity index (χ0) is 31.2. The molecule has 0 radical (unpaired) electrons. The Morgan fingerprint density at radius 1 is 0.933 bits per heavy atom. The Hall–Kier alpha value is -5.39. The SMILES string of the molecule is COc1ccc2nc(NC(=O)CSc3ccc(NC(=O)/C(=C\c4c[nH]c5ccccc45)NC(=O)c4ccccc4)cc3)sc2c1. The van der Waals surface area contributed by atoms with E-state index in [1.165, 1.54) is 23.1 Å². The number of para-hydroxylation sites is 1. The average molecular weight is 634 g/mol. The standard InChI is InChI=1S/C34H27N5O4S2/c1-43-24-13-16-28-30(18-24)45-34(38-28)39-31(40)20-44-25-14-11-23(12-15-25)36-33(42)29(37-32(41)21-7-3-2-4-8-21)17-22-19-35-27-10-6-5-9-26(22)27/h2-19,35H,20H2,1H3,(H,36,42)(H,37,41)(H,38,39,40)/b29-17+. The van der Waals surface area contributed by atoms with Crippen LogP contribution in [0.25, 0.3) is 27.2 Å². The van der Waals surface area contributed by atoms with Crippen molar-refractivity contribution in [3.8, 4) is 5.75 Å². The molecule has 3 amide bonds. The number of H-pyrrole nitrogens is 1. The Morgan fingerprint density at radius 3 is 2.51 bits per heavy atom. The lowest BCUT2D eigenvalue weighted by Gasteiger charge is -2.12. The average Bonchev–Trinajstić information content (AvgIpc) is 3.67. The number of ether oxygens (including phenoxy) is 1. The van der Waals surface area contributed by atoms with Crippen molar-refractivity contribution < 1.29 is 19.1 Å². The lowest BCUT2D eigenvalue weighted by molar-refractivity contribution is -0.114. The predicted octanol–water partition coefficient (Wildman–Crippen LogP) is 6.93. The molecule has 45 heavy (non-hydrogen) atoms. The molecule has 2 aromatic heterocycles. The van der Waals surface area contributed by atoms with Crippen LogP contribution in [0.4, 0.5) is 10.8 Å². The topological polar surface area (TPSA) is 125 Å². The second kappa shape index (κ2) is 13.5. The number of thioether (sulfide) groups is 1. The number of benzene rings is 4. The Bertz CT molecular complexity index is 2030. The van der Waals surface area contributed by atoms with E-state index in [1.54, 1.807) is 55.8 Å². The van der Waals surface area contributed by atoms with Crippen molar-refractivity contribution in [3.05, 3.63) is 120 Å². The number of hydrogen-bond acceptors (Lipinski definition) is 7. The van der Waals surface area contributed by atoms with Gasteiger partial charge in [-0.2, -0.15) is 0 Å². The number of methoxy groups -OCH3 is 1. The molecule has 0 saturated carbocycles. The summed E-state index contributed by atoms with van der Waals surface area (Å²) in [6.45, 7) is 0. The second-order valence-corrected chi connectivity index (χ2v) is 11.9. The largest absolute Gasteiger partial charge is 0.497 e. The maximum atomic E-state index is 13.4. The number of nitrogens with zero attached hydrogens (tertiary/aromatic N) is 1. The summed E-state index contributed by atoms with van der Waals surface area (Å²) in [7, 11) is 1.61. The molecule has 0 aliphatic rings. The normalized spacial score (nSPS) is 11.4. The number of nitrogens with one attached hydrogen (secondary N) is 4. The number of thiazole rings is 1. The van der Waals surface area contributed by atoms with Crippen LogP contribution in [-0.2, 0) is 9.59 Å². The number of fused-ring (bicyclic) bond motifs is 2. The molecule has 9 nitrogen and oxygen atoms in total. The van der Waals surface area contributed by atoms with Crippen molar-refractivity contribution in [1.29, 1.82) is 0 Å². The number of rotatable bonds is 10. The van der Waals surface area contributed by atoms with Gasteiger partial charge < -0.3 is 25.7 Å². The van der Waals surface area contributed by atoms with Crippen LogP contribution >= 0.6 is 23.1 Å². The van der Waals surface area contributed by atoms with E-state index in [2.05, 4.69) is 25.9 Å². The molecule has 0 aliphatic heterocycles. The first-order chi connectivity index (χ1) is 21.9. The second-order valence-electron chi connectivity index (χ2n) is 9.84. The molecule has 6 rings (SSSR count). The van der Waals surface area contributed by atoms with Gasteiger partial charge in [0.25, 0.3) is 11.8 Å². The van der Waals surface area contributed by atoms with Crippen LogP contribution in [0.2, 0.25) is 0 Å². The fourth-order valence-corrected chi connectivity index (χ4v) is 6.14. The van der Waals surface area contributed by atoms with Gasteiger partial charge in [0.2, 0.25) is 5.91 Å². The van der Waals surface area contributed by atoms with Crippen molar-refractivity contribution in [2.45, 2.75) is 4.90 Å². The van der Waals surface area contributed by atoms with Crippen LogP contribution in [0.3, 0.4) is 0 Å². The minimum Gasteiger partial charge on any atom is -0.497 e. The highest BCUT2D eigenvalue weighted by Crippen LogP contribution is 2.29. The fourth-order valence-electron chi connectivity index (χ4n) is 4.53. The molecule has 0 aliphatic carbocycles. The Morgan fingerprint density at radius 2 is 1.71 bits per heavy atom. The van der Waals surface area contributed by atoms with Gasteiger partial charge in [0.05, 0.1) is 23.1 Å². The molecule has 0 atom stereocenters. The number of anilines is 2. The predicted molar refractivity (Wildman–Crippen MR) is 181 cm³/mol. The Kier molecular flexibility index (Phi) is 8.90. The first kappa shape index (κ1) is 29.7. The van der Waals surface area contributed by atoms with Crippen LogP contribution in [-0.4, -0.2) is 40.6 Å². The molecule has 2 heterocycles. The van der Waals surface area contributed by atoms with E-state index in [0.717, 1.165) is 37.3 Å². The molecule has 4 aromatic carbocycles. The summed E-state index contributed by atoms with van der Waals surface area (Å²) in [5, 5.41) is 9.94. The van der Waals surface area contributed by atoms with E-state index in [1.807, 2.05) is 60.7 Å². The van der Waals surface area contributed by atoms with Gasteiger partial charge in [-0.1, -0.05) is 47.7 Å². The molecule has 224 valence electrons. The summed E-state index contributed by atoms with van der Waals surface area (Å²) in [4.78, 5) is 47.5. The van der Waals surface area contributed by atoms with Gasteiger partial charge in [-0.05, 0) is 66.7 Å². The molecule has 0 spiro atoms. The van der Waals surface area contributed by atoms with Gasteiger partial charge in [0.15, 0.2) is 5.13 Å². The quantitative estimate of drug-likeness (QED) is 0.0958. The highest BCUT2D eigenvalue weighted by molar-refractivity contribution is 8.00. The minimum absolute atomic E-state index is 0.0945. The first-order valence-electron chi connectivity index (χ1n) is 13.9. The Balaban J connectivity index is 1.10. The lowest BCUT2D eigenvalue weighted by atomic mass is 10.1. The Labute approximate surface area is 266 Å². The van der Waals surface area contributed by atoms with Crippen molar-refractivity contribution in [2.24, 2.45) is 0 Å². The molecule has 6 aromatic rings. The summed E-state index contributed by atoms with van der Waals surface area (Å²) in [5.74, 6) is -0.124. The van der Waals surface area contributed by atoms with Gasteiger partial charge in [0.1, 0.15) is 11.4 Å². The third-order valence-corrected chi connectivity index (χ3v) is 8.72. The lowest BCUT2D eigenvalue weighted by Crippen LogP contribution is -2.30. The smallest absolute Gasteiger partial charge is 0.272 e. The third kappa shape index (κ3) is 7.23. The summed E-state index contributed by atoms with van der Waals surface area (Å²) in [5.41, 5.74) is 3.54. The molecular formula is C34H27N5O4S2. The number of carbonyl (C=O) groups is 3. The van der Waals surface area contributed by atoms with Crippen LogP contribution in [0.1, 0.15) is 15.9 Å². The number of aromatic nitrogens is 2. The highest BCUT2D eigenvalue weighted by atomic mass is 32.2. The van der Waals surface area contributed by atoms with Crippen LogP contribution in [0.15, 0.2) is 114 Å². The minimum atomic E-state index is -0.474. The maximum absolute atomic E-state index is 13.4. The first-order valence-corrected chi connectivity index (χ1v) is 15.7. The van der Waals surface area contributed by atoms with Gasteiger partial charge in [-0.3, -0.25) is 14.4 Å². The zero-order valence-corrected chi connectivity index (χ0v) is 25.6. The summed E-state index contributed by atoms with van der Waals surface area (Å²) in [6, 6.07) is 29.2. The molecular weight excluding hydrogens is 607 g/mol. The highest BCUT2D eigenvalue weighted by Gasteiger charge is 2.16. The fraction of sp³-hybridized carbons (Fsp3) is 0.0588. The summed E-state index contributed by atoms with van der Waals surface area (Å²) < 4.78 is 6.18. The van der Waals surface area contributed by atoms with Gasteiger partial charge in [0, 0.05) is 38.8 Å². The van der Waals surface area contributed by atoms with Crippen molar-refractivity contribution in [1.82, 2.24) is 15.3 Å². The molecule has 4 N–H and O–H groups in total. The van der Waals surface area contributed by atoms with E-state index >= 15 is 0 Å². The van der Waals surface area contributed by atoms with Crippen LogP contribution in [0.5, 0.6) is 5.75 Å². The van der Waals surface area contributed by atoms with Crippen molar-refractivity contribution in [2.75, 3.05) is 23.5 Å². The van der Waals surface area contributed by atoms with Crippen LogP contribution in [0, 0.1) is 0 Å². The number of aromatic amines is 1. The van der Waals surface area contributed by atoms with Gasteiger partial charge >= 0.3 is 0 Å². The number of hydrogen-bond donors (Lipinski definition) is 4. The third-order valence-electron chi connectivity index (χ3n) is 6.77. The summed E-state index contributed by atoms with van der Waals surface area (Å²) in [6.07, 6.45) is 3.45. The number of carbonyl (C=O) groups excluding carboxylic acids is 3. The maximum Gasteiger partial charge on any atom is 0.272 e. The molecule has 11 heteroatoms. The van der Waals surface area contributed by atoms with E-state index < -0.39 is 11.8 Å². The summed E-state index contributed by atoms with van der Waals surface area (Å²) >= 11 is 2.75. The van der Waals surface area contributed by atoms with Crippen molar-refractivity contribution in [3.63, 3.8) is 0 Å². The van der Waals surface area contributed by atoms with Crippen molar-refractivity contribution >= 4 is 78.8 Å². The molecule has 0 saturated heterocycles. The van der Waals surface area contributed by atoms with E-state index in [0.29, 0.717) is 16.4 Å². The van der Waals surface area contributed by atoms with Gasteiger partial charge in [-0.25, -0.2) is 4.98 Å². The zero-order valence-electron chi connectivity index (χ0n) is 24.0. The molecule has 0 bridgehead atoms. The van der Waals surface area contributed by atoms with Crippen LogP contribution < -0.4 is 20.7 Å². The number of amides is 3. The monoisotopic (exact) mass is 633 g/mol. The van der Waals surface area contributed by atoms with Gasteiger partial charge in [-0.15, -0.1) is 11.8 Å². The van der Waals surface area contributed by atoms with E-state index in [4.69, 9.17) is 4.74 Å². The van der Waals surface area contributed by atoms with E-state index in [-0.39, 0.29) is 17.4 Å². The molecule has 0 unspecified atom stereocenters.